The van der Waals surface area contributed by atoms with E-state index < -0.39 is 0 Å². The molecule has 0 bridgehead atoms. The van der Waals surface area contributed by atoms with Crippen molar-refractivity contribution in [1.82, 2.24) is 15.5 Å². The summed E-state index contributed by atoms with van der Waals surface area (Å²) in [7, 11) is 1.85. The Bertz CT molecular complexity index is 300. The zero-order valence-corrected chi connectivity index (χ0v) is 8.49. The second kappa shape index (κ2) is 4.06. The predicted molar refractivity (Wildman–Crippen MR) is 49.5 cm³/mol. The molecule has 2 atom stereocenters. The second-order valence-electron chi connectivity index (χ2n) is 3.62. The Hall–Kier alpha value is -0.940. The molecule has 2 unspecified atom stereocenters. The Morgan fingerprint density at radius 2 is 2.36 bits per heavy atom. The maximum absolute atomic E-state index is 5.53. The molecule has 14 heavy (non-hydrogen) atoms. The zero-order valence-electron chi connectivity index (χ0n) is 8.49. The van der Waals surface area contributed by atoms with Gasteiger partial charge in [-0.1, -0.05) is 6.92 Å². The van der Waals surface area contributed by atoms with Crippen LogP contribution in [-0.2, 0) is 11.3 Å². The number of nitrogens with one attached hydrogen (secondary N) is 1. The van der Waals surface area contributed by atoms with Crippen LogP contribution in [-0.4, -0.2) is 23.9 Å². The van der Waals surface area contributed by atoms with Gasteiger partial charge in [0.15, 0.2) is 0 Å². The SMILES string of the molecule is CNCc1nnc(C2OCCC2C)o1. The first kappa shape index (κ1) is 9.61. The Morgan fingerprint density at radius 3 is 3.00 bits per heavy atom. The Morgan fingerprint density at radius 1 is 1.50 bits per heavy atom. The molecule has 1 aliphatic heterocycles. The van der Waals surface area contributed by atoms with Gasteiger partial charge in [-0.3, -0.25) is 0 Å². The molecular weight excluding hydrogens is 182 g/mol. The number of hydrogen-bond donors (Lipinski definition) is 1. The molecule has 1 fully saturated rings. The van der Waals surface area contributed by atoms with Gasteiger partial charge in [-0.25, -0.2) is 0 Å². The van der Waals surface area contributed by atoms with Crippen molar-refractivity contribution in [2.45, 2.75) is 26.0 Å². The van der Waals surface area contributed by atoms with E-state index in [1.54, 1.807) is 0 Å². The van der Waals surface area contributed by atoms with Crippen molar-refractivity contribution in [2.24, 2.45) is 5.92 Å². The van der Waals surface area contributed by atoms with E-state index in [0.29, 0.717) is 24.2 Å². The van der Waals surface area contributed by atoms with E-state index in [1.807, 2.05) is 7.05 Å². The van der Waals surface area contributed by atoms with Crippen molar-refractivity contribution in [3.05, 3.63) is 11.8 Å². The third kappa shape index (κ3) is 1.78. The van der Waals surface area contributed by atoms with Crippen LogP contribution < -0.4 is 5.32 Å². The summed E-state index contributed by atoms with van der Waals surface area (Å²) in [5, 5.41) is 10.9. The Labute approximate surface area is 82.8 Å². The molecule has 0 spiro atoms. The normalized spacial score (nSPS) is 27.0. The van der Waals surface area contributed by atoms with E-state index in [4.69, 9.17) is 9.15 Å². The summed E-state index contributed by atoms with van der Waals surface area (Å²) in [4.78, 5) is 0. The van der Waals surface area contributed by atoms with Crippen molar-refractivity contribution in [3.8, 4) is 0 Å². The standard InChI is InChI=1S/C9H15N3O2/c1-6-3-4-13-8(6)9-12-11-7(14-9)5-10-2/h6,8,10H,3-5H2,1-2H3. The minimum absolute atomic E-state index is 0.00638. The number of aromatic nitrogens is 2. The lowest BCUT2D eigenvalue weighted by Crippen LogP contribution is -2.05. The molecule has 0 aliphatic carbocycles. The highest BCUT2D eigenvalue weighted by Gasteiger charge is 2.30. The van der Waals surface area contributed by atoms with Gasteiger partial charge in [0, 0.05) is 6.61 Å². The smallest absolute Gasteiger partial charge is 0.245 e. The molecule has 2 rings (SSSR count). The highest BCUT2D eigenvalue weighted by atomic mass is 16.5. The molecule has 1 aromatic rings. The van der Waals surface area contributed by atoms with Crippen molar-refractivity contribution in [3.63, 3.8) is 0 Å². The maximum Gasteiger partial charge on any atom is 0.245 e. The van der Waals surface area contributed by atoms with Crippen molar-refractivity contribution in [1.29, 1.82) is 0 Å². The van der Waals surface area contributed by atoms with E-state index in [0.717, 1.165) is 13.0 Å². The fourth-order valence-electron chi connectivity index (χ4n) is 1.62. The van der Waals surface area contributed by atoms with Crippen molar-refractivity contribution >= 4 is 0 Å². The lowest BCUT2D eigenvalue weighted by Gasteiger charge is -2.08. The van der Waals surface area contributed by atoms with Gasteiger partial charge >= 0.3 is 0 Å². The van der Waals surface area contributed by atoms with Crippen molar-refractivity contribution in [2.75, 3.05) is 13.7 Å². The summed E-state index contributed by atoms with van der Waals surface area (Å²) >= 11 is 0. The van der Waals surface area contributed by atoms with Gasteiger partial charge < -0.3 is 14.5 Å². The van der Waals surface area contributed by atoms with E-state index in [2.05, 4.69) is 22.4 Å². The fraction of sp³-hybridized carbons (Fsp3) is 0.778. The lowest BCUT2D eigenvalue weighted by molar-refractivity contribution is 0.0704. The summed E-state index contributed by atoms with van der Waals surface area (Å²) in [6.07, 6.45) is 1.06. The maximum atomic E-state index is 5.53. The summed E-state index contributed by atoms with van der Waals surface area (Å²) < 4.78 is 11.0. The molecule has 0 radical (unpaired) electrons. The largest absolute Gasteiger partial charge is 0.421 e. The summed E-state index contributed by atoms with van der Waals surface area (Å²) in [5.74, 6) is 1.70. The summed E-state index contributed by atoms with van der Waals surface area (Å²) in [5.41, 5.74) is 0. The molecule has 1 aromatic heterocycles. The van der Waals surface area contributed by atoms with Gasteiger partial charge in [-0.2, -0.15) is 0 Å². The molecule has 5 nitrogen and oxygen atoms in total. The zero-order chi connectivity index (χ0) is 9.97. The third-order valence-electron chi connectivity index (χ3n) is 2.44. The number of nitrogens with zero attached hydrogens (tertiary/aromatic N) is 2. The number of rotatable bonds is 3. The Kier molecular flexibility index (Phi) is 2.79. The highest BCUT2D eigenvalue weighted by molar-refractivity contribution is 4.91. The number of hydrogen-bond acceptors (Lipinski definition) is 5. The van der Waals surface area contributed by atoms with E-state index in [-0.39, 0.29) is 6.10 Å². The van der Waals surface area contributed by atoms with Crippen LogP contribution in [0, 0.1) is 5.92 Å². The predicted octanol–water partition coefficient (Wildman–Crippen LogP) is 0.886. The van der Waals surface area contributed by atoms with Crippen LogP contribution >= 0.6 is 0 Å². The average Bonchev–Trinajstić information content (AvgIpc) is 2.74. The van der Waals surface area contributed by atoms with Gasteiger partial charge in [0.1, 0.15) is 6.10 Å². The fourth-order valence-corrected chi connectivity index (χ4v) is 1.62. The van der Waals surface area contributed by atoms with E-state index in [9.17, 15) is 0 Å². The second-order valence-corrected chi connectivity index (χ2v) is 3.62. The first-order valence-electron chi connectivity index (χ1n) is 4.89. The average molecular weight is 197 g/mol. The molecule has 0 amide bonds. The molecular formula is C9H15N3O2. The molecule has 2 heterocycles. The molecule has 0 aromatic carbocycles. The molecule has 0 saturated carbocycles. The van der Waals surface area contributed by atoms with Crippen LogP contribution in [0.1, 0.15) is 31.2 Å². The molecule has 78 valence electrons. The van der Waals surface area contributed by atoms with E-state index in [1.165, 1.54) is 0 Å². The molecule has 1 aliphatic rings. The van der Waals surface area contributed by atoms with Crippen LogP contribution in [0.2, 0.25) is 0 Å². The van der Waals surface area contributed by atoms with Crippen LogP contribution in [0.25, 0.3) is 0 Å². The first-order chi connectivity index (χ1) is 6.81. The van der Waals surface area contributed by atoms with Crippen molar-refractivity contribution < 1.29 is 9.15 Å². The number of ether oxygens (including phenoxy) is 1. The minimum atomic E-state index is -0.00638. The minimum Gasteiger partial charge on any atom is -0.421 e. The van der Waals surface area contributed by atoms with Crippen LogP contribution in [0.15, 0.2) is 4.42 Å². The van der Waals surface area contributed by atoms with Crippen LogP contribution in [0.5, 0.6) is 0 Å². The highest BCUT2D eigenvalue weighted by Crippen LogP contribution is 2.32. The van der Waals surface area contributed by atoms with Gasteiger partial charge in [0.25, 0.3) is 0 Å². The summed E-state index contributed by atoms with van der Waals surface area (Å²) in [6.45, 7) is 3.53. The monoisotopic (exact) mass is 197 g/mol. The topological polar surface area (TPSA) is 60.2 Å². The molecule has 1 saturated heterocycles. The quantitative estimate of drug-likeness (QED) is 0.779. The van der Waals surface area contributed by atoms with Gasteiger partial charge in [-0.05, 0) is 19.4 Å². The third-order valence-corrected chi connectivity index (χ3v) is 2.44. The van der Waals surface area contributed by atoms with Gasteiger partial charge in [-0.15, -0.1) is 10.2 Å². The van der Waals surface area contributed by atoms with Gasteiger partial charge in [0.2, 0.25) is 11.8 Å². The lowest BCUT2D eigenvalue weighted by atomic mass is 10.0. The summed E-state index contributed by atoms with van der Waals surface area (Å²) in [6, 6.07) is 0. The first-order valence-corrected chi connectivity index (χ1v) is 4.89. The molecule has 5 heteroatoms. The Balaban J connectivity index is 2.08. The van der Waals surface area contributed by atoms with Crippen LogP contribution in [0.4, 0.5) is 0 Å². The van der Waals surface area contributed by atoms with Gasteiger partial charge in [0.05, 0.1) is 6.54 Å². The molecule has 1 N–H and O–H groups in total. The van der Waals surface area contributed by atoms with Crippen LogP contribution in [0.3, 0.4) is 0 Å². The van der Waals surface area contributed by atoms with E-state index >= 15 is 0 Å².